The largest absolute Gasteiger partial charge is 0.394 e. The molecule has 0 aromatic heterocycles. The van der Waals surface area contributed by atoms with Gasteiger partial charge in [0.05, 0.1) is 6.61 Å². The molecule has 1 aliphatic carbocycles. The molecule has 0 amide bonds. The van der Waals surface area contributed by atoms with E-state index in [0.29, 0.717) is 12.5 Å². The van der Waals surface area contributed by atoms with Crippen molar-refractivity contribution in [3.05, 3.63) is 0 Å². The molecule has 1 saturated carbocycles. The van der Waals surface area contributed by atoms with E-state index in [4.69, 9.17) is 0 Å². The number of hydrogen-bond donors (Lipinski definition) is 2. The van der Waals surface area contributed by atoms with Crippen LogP contribution in [0.4, 0.5) is 0 Å². The van der Waals surface area contributed by atoms with Gasteiger partial charge < -0.3 is 10.4 Å². The second-order valence-electron chi connectivity index (χ2n) is 6.09. The van der Waals surface area contributed by atoms with Crippen LogP contribution in [0, 0.1) is 11.8 Å². The number of aliphatic hydroxyl groups is 1. The molecule has 0 saturated heterocycles. The van der Waals surface area contributed by atoms with E-state index in [2.05, 4.69) is 37.8 Å². The molecule has 0 aromatic rings. The Morgan fingerprint density at radius 3 is 2.83 bits per heavy atom. The van der Waals surface area contributed by atoms with Crippen molar-refractivity contribution in [2.24, 2.45) is 11.8 Å². The Labute approximate surface area is 117 Å². The smallest absolute Gasteiger partial charge is 0.0616 e. The Morgan fingerprint density at radius 1 is 1.44 bits per heavy atom. The highest BCUT2D eigenvalue weighted by molar-refractivity contribution is 7.99. The maximum absolute atomic E-state index is 9.79. The molecule has 2 unspecified atom stereocenters. The van der Waals surface area contributed by atoms with Crippen LogP contribution in [0.3, 0.4) is 0 Å². The summed E-state index contributed by atoms with van der Waals surface area (Å²) in [6.07, 6.45) is 6.13. The number of nitrogens with one attached hydrogen (secondary N) is 1. The third-order valence-corrected chi connectivity index (χ3v) is 5.45. The van der Waals surface area contributed by atoms with Gasteiger partial charge in [-0.1, -0.05) is 27.2 Å². The van der Waals surface area contributed by atoms with Gasteiger partial charge >= 0.3 is 0 Å². The molecular formula is C15H31NOS. The summed E-state index contributed by atoms with van der Waals surface area (Å²) in [5.41, 5.74) is 0.0361. The zero-order chi connectivity index (χ0) is 13.4. The van der Waals surface area contributed by atoms with E-state index >= 15 is 0 Å². The SMILES string of the molecule is CCCNC1(CO)CCCC1CCSCC(C)C. The fourth-order valence-electron chi connectivity index (χ4n) is 2.98. The second kappa shape index (κ2) is 8.44. The van der Waals surface area contributed by atoms with Gasteiger partial charge in [-0.25, -0.2) is 0 Å². The van der Waals surface area contributed by atoms with Gasteiger partial charge in [-0.2, -0.15) is 11.8 Å². The molecule has 108 valence electrons. The van der Waals surface area contributed by atoms with Gasteiger partial charge in [0.25, 0.3) is 0 Å². The van der Waals surface area contributed by atoms with Crippen LogP contribution in [-0.2, 0) is 0 Å². The van der Waals surface area contributed by atoms with Crippen molar-refractivity contribution in [3.63, 3.8) is 0 Å². The fraction of sp³-hybridized carbons (Fsp3) is 1.00. The molecule has 2 atom stereocenters. The predicted octanol–water partition coefficient (Wildman–Crippen LogP) is 3.30. The molecule has 0 radical (unpaired) electrons. The van der Waals surface area contributed by atoms with Gasteiger partial charge in [0.2, 0.25) is 0 Å². The molecule has 0 heterocycles. The predicted molar refractivity (Wildman–Crippen MR) is 82.2 cm³/mol. The Kier molecular flexibility index (Phi) is 7.66. The maximum atomic E-state index is 9.79. The first-order valence-corrected chi connectivity index (χ1v) is 8.73. The lowest BCUT2D eigenvalue weighted by molar-refractivity contribution is 0.122. The summed E-state index contributed by atoms with van der Waals surface area (Å²) in [6, 6.07) is 0. The zero-order valence-corrected chi connectivity index (χ0v) is 13.2. The lowest BCUT2D eigenvalue weighted by atomic mass is 9.85. The second-order valence-corrected chi connectivity index (χ2v) is 7.24. The van der Waals surface area contributed by atoms with Gasteiger partial charge in [0.1, 0.15) is 0 Å². The minimum absolute atomic E-state index is 0.0361. The van der Waals surface area contributed by atoms with Gasteiger partial charge in [-0.15, -0.1) is 0 Å². The molecule has 0 aromatic carbocycles. The summed E-state index contributed by atoms with van der Waals surface area (Å²) in [6.45, 7) is 8.11. The number of aliphatic hydroxyl groups excluding tert-OH is 1. The van der Waals surface area contributed by atoms with Gasteiger partial charge in [-0.3, -0.25) is 0 Å². The molecule has 1 fully saturated rings. The van der Waals surface area contributed by atoms with Crippen LogP contribution >= 0.6 is 11.8 Å². The summed E-state index contributed by atoms with van der Waals surface area (Å²) < 4.78 is 0. The Hall–Kier alpha value is 0.270. The van der Waals surface area contributed by atoms with Gasteiger partial charge in [0.15, 0.2) is 0 Å². The first-order chi connectivity index (χ1) is 8.64. The van der Waals surface area contributed by atoms with Gasteiger partial charge in [0, 0.05) is 5.54 Å². The highest BCUT2D eigenvalue weighted by Gasteiger charge is 2.41. The highest BCUT2D eigenvalue weighted by atomic mass is 32.2. The molecule has 0 bridgehead atoms. The van der Waals surface area contributed by atoms with Crippen molar-refractivity contribution in [2.75, 3.05) is 24.7 Å². The Morgan fingerprint density at radius 2 is 2.22 bits per heavy atom. The minimum Gasteiger partial charge on any atom is -0.394 e. The van der Waals surface area contributed by atoms with E-state index in [1.807, 2.05) is 0 Å². The fourth-order valence-corrected chi connectivity index (χ4v) is 4.07. The van der Waals surface area contributed by atoms with E-state index in [1.165, 1.54) is 30.8 Å². The summed E-state index contributed by atoms with van der Waals surface area (Å²) in [7, 11) is 0. The van der Waals surface area contributed by atoms with Crippen molar-refractivity contribution in [1.29, 1.82) is 0 Å². The molecule has 2 N–H and O–H groups in total. The average Bonchev–Trinajstić information content (AvgIpc) is 2.75. The van der Waals surface area contributed by atoms with E-state index < -0.39 is 0 Å². The molecule has 0 aliphatic heterocycles. The first kappa shape index (κ1) is 16.3. The Bertz CT molecular complexity index is 223. The van der Waals surface area contributed by atoms with Crippen molar-refractivity contribution in [2.45, 2.75) is 58.4 Å². The van der Waals surface area contributed by atoms with Crippen LogP contribution in [0.15, 0.2) is 0 Å². The van der Waals surface area contributed by atoms with Crippen molar-refractivity contribution >= 4 is 11.8 Å². The molecule has 0 spiro atoms. The van der Waals surface area contributed by atoms with Crippen LogP contribution in [0.5, 0.6) is 0 Å². The molecule has 18 heavy (non-hydrogen) atoms. The quantitative estimate of drug-likeness (QED) is 0.632. The average molecular weight is 273 g/mol. The van der Waals surface area contributed by atoms with E-state index in [1.54, 1.807) is 0 Å². The lowest BCUT2D eigenvalue weighted by Gasteiger charge is -2.35. The van der Waals surface area contributed by atoms with E-state index in [-0.39, 0.29) is 5.54 Å². The van der Waals surface area contributed by atoms with Crippen LogP contribution in [-0.4, -0.2) is 35.3 Å². The van der Waals surface area contributed by atoms with Crippen molar-refractivity contribution < 1.29 is 5.11 Å². The monoisotopic (exact) mass is 273 g/mol. The number of rotatable bonds is 9. The van der Waals surface area contributed by atoms with Crippen molar-refractivity contribution in [3.8, 4) is 0 Å². The lowest BCUT2D eigenvalue weighted by Crippen LogP contribution is -2.51. The van der Waals surface area contributed by atoms with Crippen LogP contribution < -0.4 is 5.32 Å². The summed E-state index contributed by atoms with van der Waals surface area (Å²) in [4.78, 5) is 0. The standard InChI is InChI=1S/C15H31NOS/c1-4-9-16-15(12-17)8-5-6-14(15)7-10-18-11-13(2)3/h13-14,16-17H,4-12H2,1-3H3. The minimum atomic E-state index is 0.0361. The molecule has 1 aliphatic rings. The van der Waals surface area contributed by atoms with Crippen LogP contribution in [0.25, 0.3) is 0 Å². The van der Waals surface area contributed by atoms with Crippen LogP contribution in [0.1, 0.15) is 52.9 Å². The molecule has 1 rings (SSSR count). The summed E-state index contributed by atoms with van der Waals surface area (Å²) in [5, 5.41) is 13.4. The number of hydrogen-bond acceptors (Lipinski definition) is 3. The molecular weight excluding hydrogens is 242 g/mol. The number of thioether (sulfide) groups is 1. The zero-order valence-electron chi connectivity index (χ0n) is 12.4. The highest BCUT2D eigenvalue weighted by Crippen LogP contribution is 2.38. The maximum Gasteiger partial charge on any atom is 0.0616 e. The van der Waals surface area contributed by atoms with E-state index in [9.17, 15) is 5.11 Å². The van der Waals surface area contributed by atoms with Gasteiger partial charge in [-0.05, 0) is 55.6 Å². The molecule has 2 nitrogen and oxygen atoms in total. The normalized spacial score (nSPS) is 28.2. The van der Waals surface area contributed by atoms with E-state index in [0.717, 1.165) is 25.3 Å². The third kappa shape index (κ3) is 4.75. The van der Waals surface area contributed by atoms with Crippen LogP contribution in [0.2, 0.25) is 0 Å². The topological polar surface area (TPSA) is 32.3 Å². The third-order valence-electron chi connectivity index (χ3n) is 4.03. The summed E-state index contributed by atoms with van der Waals surface area (Å²) >= 11 is 2.07. The summed E-state index contributed by atoms with van der Waals surface area (Å²) in [5.74, 6) is 3.98. The Balaban J connectivity index is 2.36. The first-order valence-electron chi connectivity index (χ1n) is 7.58. The molecule has 3 heteroatoms. The van der Waals surface area contributed by atoms with Crippen molar-refractivity contribution in [1.82, 2.24) is 5.32 Å².